The van der Waals surface area contributed by atoms with E-state index >= 15 is 0 Å². The Bertz CT molecular complexity index is 1120. The minimum absolute atomic E-state index is 0.701. The summed E-state index contributed by atoms with van der Waals surface area (Å²) in [4.78, 5) is 11.7. The maximum atomic E-state index is 5.95. The summed E-state index contributed by atoms with van der Waals surface area (Å²) in [6.07, 6.45) is 9.36. The average Bonchev–Trinajstić information content (AvgIpc) is 3.29. The van der Waals surface area contributed by atoms with Crippen LogP contribution in [0.5, 0.6) is 0 Å². The van der Waals surface area contributed by atoms with Gasteiger partial charge >= 0.3 is 0 Å². The van der Waals surface area contributed by atoms with Gasteiger partial charge in [-0.1, -0.05) is 78.2 Å². The molecule has 5 heteroatoms. The van der Waals surface area contributed by atoms with Crippen LogP contribution in [0.4, 0.5) is 0 Å². The second-order valence-corrected chi connectivity index (χ2v) is 10.0. The second kappa shape index (κ2) is 15.6. The van der Waals surface area contributed by atoms with Gasteiger partial charge in [0.25, 0.3) is 0 Å². The highest BCUT2D eigenvalue weighted by Gasteiger charge is 2.17. The van der Waals surface area contributed by atoms with E-state index in [2.05, 4.69) is 41.7 Å². The standard InChI is InChI=1S/C17H12Cl2N2.C10H19N.C4H8/c1-11-10-20-16(12-2-6-14(18)7-3-12)17(21-11)13-4-8-15(19)9-5-13;1-4-9(2)7-11-6-5-10(3)8-11;1-3-4-2/h2-10H,1H3;4,10H,5-8H2,1-3H3;3-4H,1-2H3/b;9-4+;4-3-. The Morgan fingerprint density at radius 3 is 1.89 bits per heavy atom. The molecule has 1 aliphatic heterocycles. The van der Waals surface area contributed by atoms with Crippen LogP contribution >= 0.6 is 23.2 Å². The lowest BCUT2D eigenvalue weighted by molar-refractivity contribution is 0.355. The molecule has 0 N–H and O–H groups in total. The molecule has 0 radical (unpaired) electrons. The molecule has 0 saturated carbocycles. The van der Waals surface area contributed by atoms with Gasteiger partial charge in [-0.25, -0.2) is 4.98 Å². The molecule has 36 heavy (non-hydrogen) atoms. The number of aryl methyl sites for hydroxylation is 1. The van der Waals surface area contributed by atoms with Crippen LogP contribution in [0.2, 0.25) is 10.0 Å². The molecular weight excluding hydrogens is 485 g/mol. The molecule has 3 aromatic rings. The molecule has 1 atom stereocenters. The lowest BCUT2D eigenvalue weighted by Crippen LogP contribution is -2.22. The number of nitrogens with zero attached hydrogens (tertiary/aromatic N) is 3. The molecule has 1 fully saturated rings. The van der Waals surface area contributed by atoms with Crippen molar-refractivity contribution in [1.29, 1.82) is 0 Å². The summed E-state index contributed by atoms with van der Waals surface area (Å²) in [5, 5.41) is 1.40. The third kappa shape index (κ3) is 9.89. The smallest absolute Gasteiger partial charge is 0.0968 e. The number of hydrogen-bond donors (Lipinski definition) is 0. The van der Waals surface area contributed by atoms with Crippen molar-refractivity contribution in [3.63, 3.8) is 0 Å². The third-order valence-electron chi connectivity index (χ3n) is 5.94. The van der Waals surface area contributed by atoms with E-state index in [-0.39, 0.29) is 0 Å². The first-order valence-corrected chi connectivity index (χ1v) is 13.3. The number of hydrogen-bond acceptors (Lipinski definition) is 3. The first-order valence-electron chi connectivity index (χ1n) is 12.5. The molecular formula is C31H39Cl2N3. The van der Waals surface area contributed by atoms with E-state index in [9.17, 15) is 0 Å². The average molecular weight is 525 g/mol. The maximum Gasteiger partial charge on any atom is 0.0968 e. The highest BCUT2D eigenvalue weighted by molar-refractivity contribution is 6.31. The summed E-state index contributed by atoms with van der Waals surface area (Å²) >= 11 is 11.9. The van der Waals surface area contributed by atoms with E-state index in [1.165, 1.54) is 31.6 Å². The molecule has 1 aliphatic rings. The lowest BCUT2D eigenvalue weighted by Gasteiger charge is -2.14. The SMILES string of the molecule is C/C=C(\C)CN1CCC(C)C1.C/C=C\C.Cc1cnc(-c2ccc(Cl)cc2)c(-c2ccc(Cl)cc2)n1. The largest absolute Gasteiger partial charge is 0.299 e. The van der Waals surface area contributed by atoms with Gasteiger partial charge in [-0.05, 0) is 77.8 Å². The van der Waals surface area contributed by atoms with E-state index in [4.69, 9.17) is 23.2 Å². The fourth-order valence-electron chi connectivity index (χ4n) is 3.72. The molecule has 3 nitrogen and oxygen atoms in total. The van der Waals surface area contributed by atoms with E-state index in [0.29, 0.717) is 10.0 Å². The van der Waals surface area contributed by atoms with Gasteiger partial charge in [0.05, 0.1) is 17.1 Å². The van der Waals surface area contributed by atoms with Crippen LogP contribution < -0.4 is 0 Å². The lowest BCUT2D eigenvalue weighted by atomic mass is 10.0. The molecule has 4 rings (SSSR count). The first-order chi connectivity index (χ1) is 17.3. The Hall–Kier alpha value is -2.46. The number of halogens is 2. The summed E-state index contributed by atoms with van der Waals surface area (Å²) in [6, 6.07) is 15.2. The molecule has 0 amide bonds. The van der Waals surface area contributed by atoms with Crippen LogP contribution in [-0.2, 0) is 0 Å². The van der Waals surface area contributed by atoms with Gasteiger partial charge in [0.1, 0.15) is 0 Å². The van der Waals surface area contributed by atoms with Gasteiger partial charge in [-0.3, -0.25) is 9.88 Å². The topological polar surface area (TPSA) is 29.0 Å². The minimum Gasteiger partial charge on any atom is -0.299 e. The van der Waals surface area contributed by atoms with Gasteiger partial charge in [-0.15, -0.1) is 0 Å². The molecule has 192 valence electrons. The van der Waals surface area contributed by atoms with E-state index < -0.39 is 0 Å². The zero-order chi connectivity index (χ0) is 26.5. The van der Waals surface area contributed by atoms with Crippen LogP contribution in [0, 0.1) is 12.8 Å². The Morgan fingerprint density at radius 1 is 0.917 bits per heavy atom. The molecule has 1 unspecified atom stereocenters. The van der Waals surface area contributed by atoms with Crippen LogP contribution in [0.15, 0.2) is 78.5 Å². The first kappa shape index (κ1) is 29.8. The van der Waals surface area contributed by atoms with Crippen molar-refractivity contribution >= 4 is 23.2 Å². The van der Waals surface area contributed by atoms with Crippen LogP contribution in [0.3, 0.4) is 0 Å². The van der Waals surface area contributed by atoms with Gasteiger partial charge in [0.15, 0.2) is 0 Å². The van der Waals surface area contributed by atoms with E-state index in [1.54, 1.807) is 6.20 Å². The molecule has 0 aliphatic carbocycles. The van der Waals surface area contributed by atoms with Crippen molar-refractivity contribution in [2.75, 3.05) is 19.6 Å². The molecule has 2 aromatic carbocycles. The van der Waals surface area contributed by atoms with Crippen molar-refractivity contribution in [2.24, 2.45) is 5.92 Å². The molecule has 1 saturated heterocycles. The summed E-state index contributed by atoms with van der Waals surface area (Å²) in [6.45, 7) is 16.4. The Labute approximate surface area is 227 Å². The normalized spacial score (nSPS) is 15.8. The van der Waals surface area contributed by atoms with Crippen molar-refractivity contribution in [3.8, 4) is 22.5 Å². The molecule has 1 aromatic heterocycles. The number of allylic oxidation sites excluding steroid dienone is 3. The summed E-state index contributed by atoms with van der Waals surface area (Å²) in [5.41, 5.74) is 6.02. The summed E-state index contributed by atoms with van der Waals surface area (Å²) in [5.74, 6) is 0.916. The Kier molecular flexibility index (Phi) is 12.9. The maximum absolute atomic E-state index is 5.95. The summed E-state index contributed by atoms with van der Waals surface area (Å²) in [7, 11) is 0. The van der Waals surface area contributed by atoms with Crippen LogP contribution in [0.1, 0.15) is 46.7 Å². The van der Waals surface area contributed by atoms with Crippen LogP contribution in [0.25, 0.3) is 22.5 Å². The van der Waals surface area contributed by atoms with Crippen molar-refractivity contribution < 1.29 is 0 Å². The predicted molar refractivity (Wildman–Crippen MR) is 158 cm³/mol. The fourth-order valence-corrected chi connectivity index (χ4v) is 3.97. The minimum atomic E-state index is 0.701. The van der Waals surface area contributed by atoms with E-state index in [0.717, 1.165) is 34.1 Å². The number of rotatable bonds is 4. The second-order valence-electron chi connectivity index (χ2n) is 9.15. The third-order valence-corrected chi connectivity index (χ3v) is 6.44. The summed E-state index contributed by atoms with van der Waals surface area (Å²) < 4.78 is 0. The van der Waals surface area contributed by atoms with Crippen LogP contribution in [-0.4, -0.2) is 34.5 Å². The quantitative estimate of drug-likeness (QED) is 0.319. The highest BCUT2D eigenvalue weighted by atomic mass is 35.5. The van der Waals surface area contributed by atoms with Gasteiger partial charge in [0, 0.05) is 40.5 Å². The predicted octanol–water partition coefficient (Wildman–Crippen LogP) is 9.30. The molecule has 2 heterocycles. The van der Waals surface area contributed by atoms with Gasteiger partial charge in [0.2, 0.25) is 0 Å². The monoisotopic (exact) mass is 523 g/mol. The Balaban J connectivity index is 0.000000255. The number of likely N-dealkylation sites (tertiary alicyclic amines) is 1. The molecule has 0 spiro atoms. The highest BCUT2D eigenvalue weighted by Crippen LogP contribution is 2.30. The van der Waals surface area contributed by atoms with Crippen molar-refractivity contribution in [2.45, 2.75) is 48.0 Å². The fraction of sp³-hybridized carbons (Fsp3) is 0.355. The Morgan fingerprint density at radius 2 is 1.44 bits per heavy atom. The van der Waals surface area contributed by atoms with Gasteiger partial charge < -0.3 is 0 Å². The zero-order valence-corrected chi connectivity index (χ0v) is 23.9. The zero-order valence-electron chi connectivity index (χ0n) is 22.4. The van der Waals surface area contributed by atoms with E-state index in [1.807, 2.05) is 81.5 Å². The van der Waals surface area contributed by atoms with Gasteiger partial charge in [-0.2, -0.15) is 0 Å². The number of aromatic nitrogens is 2. The molecule has 0 bridgehead atoms. The van der Waals surface area contributed by atoms with Crippen molar-refractivity contribution in [1.82, 2.24) is 14.9 Å². The van der Waals surface area contributed by atoms with Crippen molar-refractivity contribution in [3.05, 3.63) is 94.3 Å². The number of benzene rings is 2.